The monoisotopic (exact) mass is 320 g/mol. The van der Waals surface area contributed by atoms with Gasteiger partial charge in [-0.3, -0.25) is 10.1 Å². The zero-order chi connectivity index (χ0) is 16.5. The van der Waals surface area contributed by atoms with Crippen LogP contribution in [0.5, 0.6) is 11.5 Å². The number of nitro benzene ring substituents is 1. The number of phenols is 2. The van der Waals surface area contributed by atoms with Crippen LogP contribution in [0.3, 0.4) is 0 Å². The van der Waals surface area contributed by atoms with Gasteiger partial charge < -0.3 is 10.2 Å². The highest BCUT2D eigenvalue weighted by atomic mass is 32.2. The second-order valence-electron chi connectivity index (χ2n) is 4.15. The number of benzene rings is 2. The number of nitriles is 1. The van der Waals surface area contributed by atoms with Crippen LogP contribution in [-0.4, -0.2) is 23.6 Å². The maximum Gasteiger partial charge on any atom is 0.333 e. The first-order valence-electron chi connectivity index (χ1n) is 5.74. The Morgan fingerprint density at radius 3 is 2.27 bits per heavy atom. The van der Waals surface area contributed by atoms with Gasteiger partial charge in [0.25, 0.3) is 0 Å². The fourth-order valence-electron chi connectivity index (χ4n) is 1.85. The molecule has 0 atom stereocenters. The van der Waals surface area contributed by atoms with E-state index >= 15 is 0 Å². The van der Waals surface area contributed by atoms with Crippen molar-refractivity contribution in [1.29, 1.82) is 5.26 Å². The summed E-state index contributed by atoms with van der Waals surface area (Å²) in [4.78, 5) is 8.88. The third-order valence-corrected chi connectivity index (χ3v) is 4.65. The van der Waals surface area contributed by atoms with E-state index in [4.69, 9.17) is 5.26 Å². The van der Waals surface area contributed by atoms with Gasteiger partial charge in [0.15, 0.2) is 11.3 Å². The normalized spacial score (nSPS) is 10.9. The lowest BCUT2D eigenvalue weighted by atomic mass is 10.1. The molecule has 0 aliphatic rings. The summed E-state index contributed by atoms with van der Waals surface area (Å²) < 4.78 is 25.0. The topological polar surface area (TPSA) is 142 Å². The van der Waals surface area contributed by atoms with Crippen molar-refractivity contribution < 1.29 is 23.6 Å². The summed E-state index contributed by atoms with van der Waals surface area (Å²) in [7, 11) is -4.28. The summed E-state index contributed by atoms with van der Waals surface area (Å²) >= 11 is 0. The fraction of sp³-hybridized carbons (Fsp3) is 0. The maximum atomic E-state index is 12.5. The minimum atomic E-state index is -4.28. The second kappa shape index (κ2) is 5.34. The third-order valence-electron chi connectivity index (χ3n) is 2.86. The van der Waals surface area contributed by atoms with Gasteiger partial charge in [0.2, 0.25) is 15.6 Å². The van der Waals surface area contributed by atoms with Gasteiger partial charge in [-0.25, -0.2) is 8.42 Å². The maximum absolute atomic E-state index is 12.5. The van der Waals surface area contributed by atoms with Gasteiger partial charge in [0.1, 0.15) is 11.0 Å². The van der Waals surface area contributed by atoms with Crippen molar-refractivity contribution in [2.75, 3.05) is 0 Å². The molecule has 0 spiro atoms. The molecule has 22 heavy (non-hydrogen) atoms. The van der Waals surface area contributed by atoms with Crippen molar-refractivity contribution in [3.63, 3.8) is 0 Å². The van der Waals surface area contributed by atoms with E-state index in [1.165, 1.54) is 30.3 Å². The Morgan fingerprint density at radius 2 is 1.77 bits per heavy atom. The number of nitrogens with zero attached hydrogens (tertiary/aromatic N) is 2. The van der Waals surface area contributed by atoms with Gasteiger partial charge in [0.05, 0.1) is 9.82 Å². The van der Waals surface area contributed by atoms with E-state index in [-0.39, 0.29) is 4.90 Å². The minimum absolute atomic E-state index is 0.203. The van der Waals surface area contributed by atoms with Crippen molar-refractivity contribution in [2.45, 2.75) is 9.79 Å². The highest BCUT2D eigenvalue weighted by molar-refractivity contribution is 7.91. The molecule has 0 radical (unpaired) electrons. The van der Waals surface area contributed by atoms with E-state index in [0.717, 1.165) is 0 Å². The Morgan fingerprint density at radius 1 is 1.18 bits per heavy atom. The molecule has 0 heterocycles. The van der Waals surface area contributed by atoms with Crippen molar-refractivity contribution in [3.05, 3.63) is 52.1 Å². The average molecular weight is 320 g/mol. The largest absolute Gasteiger partial charge is 0.504 e. The van der Waals surface area contributed by atoms with E-state index in [2.05, 4.69) is 0 Å². The van der Waals surface area contributed by atoms with E-state index in [1.54, 1.807) is 6.07 Å². The Kier molecular flexibility index (Phi) is 3.71. The lowest BCUT2D eigenvalue weighted by Crippen LogP contribution is -2.07. The molecular formula is C13H8N2O6S. The lowest BCUT2D eigenvalue weighted by molar-refractivity contribution is -0.386. The molecule has 112 valence electrons. The number of sulfone groups is 1. The molecule has 2 aromatic carbocycles. The Labute approximate surface area is 124 Å². The molecule has 0 aliphatic carbocycles. The summed E-state index contributed by atoms with van der Waals surface area (Å²) in [5.74, 6) is -2.16. The molecule has 0 amide bonds. The zero-order valence-electron chi connectivity index (χ0n) is 10.8. The predicted octanol–water partition coefficient (Wildman–Crippen LogP) is 1.71. The molecule has 2 rings (SSSR count). The predicted molar refractivity (Wildman–Crippen MR) is 73.0 cm³/mol. The van der Waals surface area contributed by atoms with Crippen molar-refractivity contribution in [1.82, 2.24) is 0 Å². The van der Waals surface area contributed by atoms with Crippen LogP contribution >= 0.6 is 0 Å². The van der Waals surface area contributed by atoms with E-state index in [1.807, 2.05) is 0 Å². The first kappa shape index (κ1) is 15.3. The molecule has 0 saturated carbocycles. The second-order valence-corrected chi connectivity index (χ2v) is 6.07. The highest BCUT2D eigenvalue weighted by Crippen LogP contribution is 2.42. The number of aromatic hydroxyl groups is 2. The summed E-state index contributed by atoms with van der Waals surface area (Å²) in [5, 5.41) is 39.1. The molecule has 0 aliphatic heterocycles. The van der Waals surface area contributed by atoms with Gasteiger partial charge in [-0.1, -0.05) is 18.2 Å². The Hall–Kier alpha value is -3.12. The molecule has 0 aromatic heterocycles. The van der Waals surface area contributed by atoms with Crippen LogP contribution in [0.4, 0.5) is 5.69 Å². The summed E-state index contributed by atoms with van der Waals surface area (Å²) in [5.41, 5.74) is -2.00. The van der Waals surface area contributed by atoms with E-state index < -0.39 is 42.4 Å². The van der Waals surface area contributed by atoms with Crippen LogP contribution in [0.2, 0.25) is 0 Å². The standard InChI is InChI=1S/C13H8N2O6S/c14-7-9-11(6-10(16)13(17)12(9)15(18)19)22(20,21)8-4-2-1-3-5-8/h1-6,16-17H. The van der Waals surface area contributed by atoms with Crippen LogP contribution in [0.25, 0.3) is 0 Å². The third kappa shape index (κ3) is 2.32. The zero-order valence-corrected chi connectivity index (χ0v) is 11.6. The van der Waals surface area contributed by atoms with Crippen molar-refractivity contribution in [2.24, 2.45) is 0 Å². The number of rotatable bonds is 3. The number of nitro groups is 1. The van der Waals surface area contributed by atoms with E-state index in [0.29, 0.717) is 6.07 Å². The lowest BCUT2D eigenvalue weighted by Gasteiger charge is -2.09. The van der Waals surface area contributed by atoms with Crippen LogP contribution < -0.4 is 0 Å². The van der Waals surface area contributed by atoms with Gasteiger partial charge in [0, 0.05) is 6.07 Å². The van der Waals surface area contributed by atoms with Crippen LogP contribution in [-0.2, 0) is 9.84 Å². The van der Waals surface area contributed by atoms with Gasteiger partial charge in [-0.15, -0.1) is 0 Å². The molecule has 8 nitrogen and oxygen atoms in total. The fourth-order valence-corrected chi connectivity index (χ4v) is 3.29. The summed E-state index contributed by atoms with van der Waals surface area (Å²) in [6.45, 7) is 0. The van der Waals surface area contributed by atoms with Gasteiger partial charge in [-0.05, 0) is 12.1 Å². The smallest absolute Gasteiger partial charge is 0.333 e. The minimum Gasteiger partial charge on any atom is -0.504 e. The number of hydrogen-bond donors (Lipinski definition) is 2. The Bertz CT molecular complexity index is 900. The van der Waals surface area contributed by atoms with Gasteiger partial charge in [-0.2, -0.15) is 5.26 Å². The molecule has 2 N–H and O–H groups in total. The van der Waals surface area contributed by atoms with Crippen LogP contribution in [0.1, 0.15) is 5.56 Å². The molecule has 9 heteroatoms. The molecule has 0 unspecified atom stereocenters. The van der Waals surface area contributed by atoms with Crippen molar-refractivity contribution >= 4 is 15.5 Å². The first-order chi connectivity index (χ1) is 10.3. The van der Waals surface area contributed by atoms with E-state index in [9.17, 15) is 28.7 Å². The van der Waals surface area contributed by atoms with Crippen LogP contribution in [0.15, 0.2) is 46.2 Å². The number of hydrogen-bond acceptors (Lipinski definition) is 7. The highest BCUT2D eigenvalue weighted by Gasteiger charge is 2.33. The van der Waals surface area contributed by atoms with Crippen molar-refractivity contribution in [3.8, 4) is 17.6 Å². The molecule has 0 saturated heterocycles. The summed E-state index contributed by atoms with van der Waals surface area (Å²) in [6.07, 6.45) is 0. The quantitative estimate of drug-likeness (QED) is 0.498. The average Bonchev–Trinajstić information content (AvgIpc) is 2.49. The number of phenolic OH excluding ortho intramolecular Hbond substituents is 2. The summed E-state index contributed by atoms with van der Waals surface area (Å²) in [6, 6.07) is 8.94. The van der Waals surface area contributed by atoms with Crippen LogP contribution in [0, 0.1) is 21.4 Å². The Balaban J connectivity index is 2.89. The molecule has 2 aromatic rings. The first-order valence-corrected chi connectivity index (χ1v) is 7.22. The SMILES string of the molecule is N#Cc1c(S(=O)(=O)c2ccccc2)cc(O)c(O)c1[N+](=O)[O-]. The van der Waals surface area contributed by atoms with Gasteiger partial charge >= 0.3 is 5.69 Å². The molecule has 0 bridgehead atoms. The molecular weight excluding hydrogens is 312 g/mol. The molecule has 0 fully saturated rings.